The fourth-order valence-corrected chi connectivity index (χ4v) is 6.93. The monoisotopic (exact) mass is 716 g/mol. The molecule has 2 aromatic heterocycles. The quantitative estimate of drug-likeness (QED) is 0.163. The molecule has 4 aromatic carbocycles. The van der Waals surface area contributed by atoms with Crippen molar-refractivity contribution in [2.75, 3.05) is 36.0 Å². The molecule has 9 rings (SSSR count). The van der Waals surface area contributed by atoms with Gasteiger partial charge in [0.1, 0.15) is 34.8 Å². The van der Waals surface area contributed by atoms with Gasteiger partial charge < -0.3 is 31.1 Å². The minimum absolute atomic E-state index is 0.0512. The van der Waals surface area contributed by atoms with E-state index in [4.69, 9.17) is 10.7 Å². The number of carbonyl (C=O) groups excluding carboxylic acids is 1. The van der Waals surface area contributed by atoms with E-state index in [1.807, 2.05) is 12.1 Å². The predicted molar refractivity (Wildman–Crippen MR) is 199 cm³/mol. The van der Waals surface area contributed by atoms with Gasteiger partial charge in [0.25, 0.3) is 0 Å². The van der Waals surface area contributed by atoms with E-state index >= 15 is 0 Å². The lowest BCUT2D eigenvalue weighted by Gasteiger charge is -2.21. The number of para-hydroxylation sites is 2. The molecule has 2 aliphatic heterocycles. The molecule has 0 radical (unpaired) electrons. The molecule has 13 heteroatoms. The smallest absolute Gasteiger partial charge is 0.223 e. The van der Waals surface area contributed by atoms with E-state index in [2.05, 4.69) is 30.1 Å². The van der Waals surface area contributed by atoms with Crippen LogP contribution in [0.4, 0.5) is 20.4 Å². The Bertz CT molecular complexity index is 2340. The minimum atomic E-state index is -0.351. The van der Waals surface area contributed by atoms with E-state index in [-0.39, 0.29) is 47.0 Å². The number of amides is 1. The summed E-state index contributed by atoms with van der Waals surface area (Å²) in [5, 5.41) is 24.7. The van der Waals surface area contributed by atoms with Gasteiger partial charge in [-0.1, -0.05) is 24.3 Å². The second-order valence-electron chi connectivity index (χ2n) is 13.8. The highest BCUT2D eigenvalue weighted by atomic mass is 19.1. The average molecular weight is 717 g/mol. The van der Waals surface area contributed by atoms with Crippen LogP contribution in [0.15, 0.2) is 84.9 Å². The van der Waals surface area contributed by atoms with Gasteiger partial charge in [0, 0.05) is 55.0 Å². The van der Waals surface area contributed by atoms with Crippen molar-refractivity contribution in [2.24, 2.45) is 11.7 Å². The highest BCUT2D eigenvalue weighted by Gasteiger charge is 2.33. The number of rotatable bonds is 6. The van der Waals surface area contributed by atoms with Crippen LogP contribution in [0.3, 0.4) is 0 Å². The maximum absolute atomic E-state index is 14.0. The number of hydrogen-bond donors (Lipinski definition) is 4. The van der Waals surface area contributed by atoms with Gasteiger partial charge in [-0.25, -0.2) is 28.7 Å². The Kier molecular flexibility index (Phi) is 9.17. The summed E-state index contributed by atoms with van der Waals surface area (Å²) in [6.45, 7) is 2.76. The Morgan fingerprint density at radius 2 is 1.19 bits per heavy atom. The number of benzene rings is 4. The number of phenolic OH excluding ortho intramolecular Hbond substituents is 2. The molecule has 1 amide bonds. The van der Waals surface area contributed by atoms with Crippen LogP contribution in [0, 0.1) is 17.6 Å². The summed E-state index contributed by atoms with van der Waals surface area (Å²) in [6.07, 6.45) is 3.63. The number of phenols is 2. The molecular weight excluding hydrogens is 678 g/mol. The van der Waals surface area contributed by atoms with E-state index < -0.39 is 0 Å². The van der Waals surface area contributed by atoms with Gasteiger partial charge in [-0.2, -0.15) is 0 Å². The summed E-state index contributed by atoms with van der Waals surface area (Å²) >= 11 is 0. The molecule has 0 unspecified atom stereocenters. The highest BCUT2D eigenvalue weighted by Crippen LogP contribution is 2.35. The van der Waals surface area contributed by atoms with Gasteiger partial charge in [0.05, 0.1) is 22.2 Å². The number of carbonyl (C=O) groups is 1. The van der Waals surface area contributed by atoms with Crippen molar-refractivity contribution in [1.29, 1.82) is 0 Å². The van der Waals surface area contributed by atoms with E-state index in [1.165, 1.54) is 24.3 Å². The molecule has 11 nitrogen and oxygen atoms in total. The molecule has 6 aromatic rings. The van der Waals surface area contributed by atoms with Crippen LogP contribution in [0.5, 0.6) is 11.5 Å². The second kappa shape index (κ2) is 14.2. The molecule has 5 N–H and O–H groups in total. The molecule has 2 saturated heterocycles. The molecule has 1 saturated carbocycles. The van der Waals surface area contributed by atoms with Crippen LogP contribution >= 0.6 is 0 Å². The maximum Gasteiger partial charge on any atom is 0.223 e. The Balaban J connectivity index is 0.000000154. The largest absolute Gasteiger partial charge is 0.507 e. The second-order valence-corrected chi connectivity index (χ2v) is 13.8. The normalized spacial score (nSPS) is 18.3. The summed E-state index contributed by atoms with van der Waals surface area (Å²) < 4.78 is 27.7. The van der Waals surface area contributed by atoms with Crippen LogP contribution in [0.25, 0.3) is 44.6 Å². The molecule has 1 aliphatic carbocycles. The van der Waals surface area contributed by atoms with Crippen molar-refractivity contribution in [2.45, 2.75) is 37.8 Å². The van der Waals surface area contributed by atoms with Gasteiger partial charge in [-0.3, -0.25) is 4.79 Å². The van der Waals surface area contributed by atoms with Gasteiger partial charge in [0.15, 0.2) is 11.6 Å². The SMILES string of the molecule is N[C@@H]1CCN(c2nc(-c3ccccc3O)nc3ccc(F)cc23)C1.O=C(N[C@@H]1CCN(c2nc(-c3ccccc3O)nc3ccc(F)cc23)C1)C1CC1. The third-order valence-electron chi connectivity index (χ3n) is 9.87. The molecule has 0 bridgehead atoms. The molecular formula is C40H38F2N8O3. The van der Waals surface area contributed by atoms with Crippen LogP contribution < -0.4 is 20.9 Å². The summed E-state index contributed by atoms with van der Waals surface area (Å²) in [4.78, 5) is 34.6. The van der Waals surface area contributed by atoms with Gasteiger partial charge >= 0.3 is 0 Å². The zero-order valence-electron chi connectivity index (χ0n) is 28.8. The number of aromatic nitrogens is 4. The number of nitrogens with one attached hydrogen (secondary N) is 1. The molecule has 0 spiro atoms. The molecule has 270 valence electrons. The standard InChI is InChI=1S/C22H21FN4O2.C18H17FN4O/c23-14-7-8-18-17(11-14)21(26-20(25-18)16-3-1-2-4-19(16)28)27-10-9-15(12-27)24-22(29)13-5-6-13;19-11-5-6-15-14(9-11)18(23-8-7-12(20)10-23)22-17(21-15)13-3-1-2-4-16(13)24/h1-4,7-8,11,13,15,28H,5-6,9-10,12H2,(H,24,29);1-6,9,12,24H,7-8,10,20H2/t15-;12-/m11/s1. The van der Waals surface area contributed by atoms with Crippen molar-refractivity contribution in [3.63, 3.8) is 0 Å². The van der Waals surface area contributed by atoms with Crippen LogP contribution in [0.2, 0.25) is 0 Å². The van der Waals surface area contributed by atoms with Crippen molar-refractivity contribution in [3.8, 4) is 34.3 Å². The first kappa shape index (κ1) is 34.2. The topological polar surface area (TPSA) is 154 Å². The third-order valence-corrected chi connectivity index (χ3v) is 9.87. The van der Waals surface area contributed by atoms with Gasteiger partial charge in [-0.15, -0.1) is 0 Å². The van der Waals surface area contributed by atoms with E-state index in [1.54, 1.807) is 48.5 Å². The average Bonchev–Trinajstić information content (AvgIpc) is 3.77. The first-order valence-corrected chi connectivity index (χ1v) is 17.8. The highest BCUT2D eigenvalue weighted by molar-refractivity contribution is 5.93. The predicted octanol–water partition coefficient (Wildman–Crippen LogP) is 5.93. The number of halogens is 2. The molecule has 3 aliphatic rings. The van der Waals surface area contributed by atoms with Crippen LogP contribution in [0.1, 0.15) is 25.7 Å². The van der Waals surface area contributed by atoms with Crippen molar-refractivity contribution < 1.29 is 23.8 Å². The third kappa shape index (κ3) is 7.25. The van der Waals surface area contributed by atoms with Crippen molar-refractivity contribution in [3.05, 3.63) is 96.6 Å². The van der Waals surface area contributed by atoms with Crippen LogP contribution in [-0.4, -0.2) is 74.3 Å². The summed E-state index contributed by atoms with van der Waals surface area (Å²) in [6, 6.07) is 22.9. The Morgan fingerprint density at radius 1 is 0.679 bits per heavy atom. The molecule has 53 heavy (non-hydrogen) atoms. The van der Waals surface area contributed by atoms with E-state index in [0.717, 1.165) is 32.2 Å². The Hall–Kier alpha value is -5.95. The fourth-order valence-electron chi connectivity index (χ4n) is 6.93. The van der Waals surface area contributed by atoms with Gasteiger partial charge in [-0.05, 0) is 86.3 Å². The zero-order chi connectivity index (χ0) is 36.6. The summed E-state index contributed by atoms with van der Waals surface area (Å²) in [7, 11) is 0. The lowest BCUT2D eigenvalue weighted by atomic mass is 10.1. The zero-order valence-corrected chi connectivity index (χ0v) is 28.8. The Labute approximate surface area is 304 Å². The maximum atomic E-state index is 14.0. The fraction of sp³-hybridized carbons (Fsp3) is 0.275. The summed E-state index contributed by atoms with van der Waals surface area (Å²) in [5.41, 5.74) is 8.34. The number of nitrogens with zero attached hydrogens (tertiary/aromatic N) is 6. The number of anilines is 2. The van der Waals surface area contributed by atoms with Crippen molar-refractivity contribution in [1.82, 2.24) is 25.3 Å². The van der Waals surface area contributed by atoms with Gasteiger partial charge in [0.2, 0.25) is 5.91 Å². The minimum Gasteiger partial charge on any atom is -0.507 e. The van der Waals surface area contributed by atoms with E-state index in [9.17, 15) is 23.8 Å². The van der Waals surface area contributed by atoms with Crippen LogP contribution in [-0.2, 0) is 4.79 Å². The molecule has 4 heterocycles. The number of aromatic hydroxyl groups is 2. The first-order chi connectivity index (χ1) is 25.7. The summed E-state index contributed by atoms with van der Waals surface area (Å²) in [5.74, 6) is 1.92. The molecule has 3 fully saturated rings. The lowest BCUT2D eigenvalue weighted by Crippen LogP contribution is -2.38. The number of hydrogen-bond acceptors (Lipinski definition) is 10. The van der Waals surface area contributed by atoms with E-state index in [0.29, 0.717) is 75.9 Å². The Morgan fingerprint density at radius 3 is 1.68 bits per heavy atom. The lowest BCUT2D eigenvalue weighted by molar-refractivity contribution is -0.122. The van der Waals surface area contributed by atoms with Crippen molar-refractivity contribution >= 4 is 39.3 Å². The molecule has 2 atom stereocenters. The number of fused-ring (bicyclic) bond motifs is 2. The number of nitrogens with two attached hydrogens (primary N) is 1. The first-order valence-electron chi connectivity index (χ1n) is 17.8.